The Bertz CT molecular complexity index is 1840. The SMILES string of the molecule is CCCC/C=C\CCCCCCCC(=O)OC(COC(=O)CCCCCCCCCCCCCCCCC)COP(=O)(O)OCC(O)COP(=O)(O)OCC(COC(=O)CCCCCCCCCCCCCCCCC)OC(=O)CCCCCCCCCCCCCCC. The summed E-state index contributed by atoms with van der Waals surface area (Å²) in [5, 5.41) is 10.6. The largest absolute Gasteiger partial charge is 0.472 e. The summed E-state index contributed by atoms with van der Waals surface area (Å²) in [6, 6.07) is 0. The smallest absolute Gasteiger partial charge is 0.462 e. The lowest BCUT2D eigenvalue weighted by Crippen LogP contribution is -2.30. The Morgan fingerprint density at radius 1 is 0.287 bits per heavy atom. The third-order valence-electron chi connectivity index (χ3n) is 17.3. The third-order valence-corrected chi connectivity index (χ3v) is 19.2. The first-order valence-corrected chi connectivity index (χ1v) is 41.9. The molecule has 17 nitrogen and oxygen atoms in total. The molecule has 0 amide bonds. The Labute approximate surface area is 574 Å². The number of carbonyl (C=O) groups is 4. The molecular weight excluding hydrogens is 1230 g/mol. The van der Waals surface area contributed by atoms with E-state index in [2.05, 4.69) is 39.8 Å². The van der Waals surface area contributed by atoms with Crippen LogP contribution in [-0.4, -0.2) is 96.7 Å². The van der Waals surface area contributed by atoms with Gasteiger partial charge in [0.2, 0.25) is 0 Å². The number of phosphoric acid groups is 2. The molecule has 0 aliphatic heterocycles. The Morgan fingerprint density at radius 3 is 0.766 bits per heavy atom. The van der Waals surface area contributed by atoms with Crippen LogP contribution in [-0.2, 0) is 65.4 Å². The normalized spacial score (nSPS) is 14.0. The van der Waals surface area contributed by atoms with Gasteiger partial charge >= 0.3 is 39.5 Å². The molecule has 0 bridgehead atoms. The highest BCUT2D eigenvalue weighted by Gasteiger charge is 2.30. The molecule has 0 saturated heterocycles. The summed E-state index contributed by atoms with van der Waals surface area (Å²) < 4.78 is 68.5. The van der Waals surface area contributed by atoms with Crippen molar-refractivity contribution in [3.63, 3.8) is 0 Å². The summed E-state index contributed by atoms with van der Waals surface area (Å²) >= 11 is 0. The lowest BCUT2D eigenvalue weighted by Gasteiger charge is -2.21. The van der Waals surface area contributed by atoms with Crippen LogP contribution in [0.2, 0.25) is 0 Å². The molecule has 0 heterocycles. The molecule has 0 spiro atoms. The quantitative estimate of drug-likeness (QED) is 0.0169. The number of hydrogen-bond acceptors (Lipinski definition) is 15. The summed E-state index contributed by atoms with van der Waals surface area (Å²) in [6.45, 7) is 4.93. The fourth-order valence-corrected chi connectivity index (χ4v) is 12.8. The molecule has 0 aromatic rings. The van der Waals surface area contributed by atoms with Crippen molar-refractivity contribution in [3.05, 3.63) is 12.2 Å². The van der Waals surface area contributed by atoms with Crippen molar-refractivity contribution < 1.29 is 80.2 Å². The van der Waals surface area contributed by atoms with E-state index < -0.39 is 97.5 Å². The molecular formula is C75H144O17P2. The molecule has 0 aromatic heterocycles. The van der Waals surface area contributed by atoms with Gasteiger partial charge in [0, 0.05) is 25.7 Å². The number of allylic oxidation sites excluding steroid dienone is 2. The second-order valence-electron chi connectivity index (χ2n) is 26.7. The number of phosphoric ester groups is 2. The van der Waals surface area contributed by atoms with Gasteiger partial charge in [-0.2, -0.15) is 0 Å². The first-order chi connectivity index (χ1) is 45.7. The minimum Gasteiger partial charge on any atom is -0.462 e. The van der Waals surface area contributed by atoms with Crippen molar-refractivity contribution in [1.82, 2.24) is 0 Å². The predicted octanol–water partition coefficient (Wildman–Crippen LogP) is 22.0. The molecule has 0 fully saturated rings. The van der Waals surface area contributed by atoms with E-state index in [0.29, 0.717) is 25.7 Å². The maximum Gasteiger partial charge on any atom is 0.472 e. The molecule has 19 heteroatoms. The fourth-order valence-electron chi connectivity index (χ4n) is 11.3. The molecule has 0 rings (SSSR count). The second kappa shape index (κ2) is 69.3. The molecule has 5 atom stereocenters. The van der Waals surface area contributed by atoms with Gasteiger partial charge in [-0.05, 0) is 44.9 Å². The summed E-state index contributed by atoms with van der Waals surface area (Å²) in [5.74, 6) is -2.13. The zero-order valence-corrected chi connectivity index (χ0v) is 62.5. The Balaban J connectivity index is 5.24. The van der Waals surface area contributed by atoms with E-state index in [-0.39, 0.29) is 25.7 Å². The number of aliphatic hydroxyl groups is 1. The van der Waals surface area contributed by atoms with E-state index in [1.807, 2.05) is 0 Å². The summed E-state index contributed by atoms with van der Waals surface area (Å²) in [6.07, 6.45) is 60.6. The topological polar surface area (TPSA) is 237 Å². The molecule has 0 saturated carbocycles. The van der Waals surface area contributed by atoms with Crippen molar-refractivity contribution in [1.29, 1.82) is 0 Å². The lowest BCUT2D eigenvalue weighted by atomic mass is 10.0. The van der Waals surface area contributed by atoms with Crippen LogP contribution in [0.3, 0.4) is 0 Å². The van der Waals surface area contributed by atoms with Crippen LogP contribution in [0.15, 0.2) is 12.2 Å². The van der Waals surface area contributed by atoms with Crippen LogP contribution < -0.4 is 0 Å². The summed E-state index contributed by atoms with van der Waals surface area (Å²) in [5.41, 5.74) is 0. The number of rotatable bonds is 75. The van der Waals surface area contributed by atoms with E-state index >= 15 is 0 Å². The number of aliphatic hydroxyl groups excluding tert-OH is 1. The van der Waals surface area contributed by atoms with Crippen molar-refractivity contribution >= 4 is 39.5 Å². The minimum atomic E-state index is -4.96. The summed E-state index contributed by atoms with van der Waals surface area (Å²) in [7, 11) is -9.91. The predicted molar refractivity (Wildman–Crippen MR) is 382 cm³/mol. The monoisotopic (exact) mass is 1380 g/mol. The number of ether oxygens (including phenoxy) is 4. The van der Waals surface area contributed by atoms with Gasteiger partial charge in [0.1, 0.15) is 19.3 Å². The minimum absolute atomic E-state index is 0.0941. The molecule has 5 unspecified atom stereocenters. The van der Waals surface area contributed by atoms with E-state index in [4.69, 9.17) is 37.0 Å². The van der Waals surface area contributed by atoms with Crippen molar-refractivity contribution in [2.45, 2.75) is 406 Å². The highest BCUT2D eigenvalue weighted by Crippen LogP contribution is 2.45. The molecule has 0 aliphatic carbocycles. The standard InChI is InChI=1S/C75H144O17P2/c1-5-9-13-17-21-25-29-32-34-37-40-43-47-51-55-59-72(77)85-65-70(91-74(79)61-57-53-49-45-39-28-24-20-16-12-8-4)67-89-93(81,82)87-63-69(76)64-88-94(83,84)90-68-71(92-75(80)62-58-54-50-46-42-36-31-27-23-19-15-11-7-3)66-86-73(78)60-56-52-48-44-41-38-35-33-30-26-22-18-14-10-6-2/h20,24,69-71,76H,5-19,21-23,25-68H2,1-4H3,(H,81,82)(H,83,84)/b24-20-. The van der Waals surface area contributed by atoms with E-state index in [1.54, 1.807) is 0 Å². The van der Waals surface area contributed by atoms with Crippen LogP contribution in [0.25, 0.3) is 0 Å². The molecule has 3 N–H and O–H groups in total. The number of carbonyl (C=O) groups excluding carboxylic acids is 4. The van der Waals surface area contributed by atoms with Gasteiger partial charge in [-0.1, -0.05) is 329 Å². The van der Waals surface area contributed by atoms with Crippen LogP contribution >= 0.6 is 15.6 Å². The zero-order valence-electron chi connectivity index (χ0n) is 60.7. The van der Waals surface area contributed by atoms with Gasteiger partial charge in [-0.3, -0.25) is 37.3 Å². The van der Waals surface area contributed by atoms with Gasteiger partial charge in [0.05, 0.1) is 26.4 Å². The first kappa shape index (κ1) is 91.8. The van der Waals surface area contributed by atoms with Crippen LogP contribution in [0.4, 0.5) is 0 Å². The average Bonchev–Trinajstić information content (AvgIpc) is 2.22. The third kappa shape index (κ3) is 68.3. The van der Waals surface area contributed by atoms with Crippen LogP contribution in [0.5, 0.6) is 0 Å². The molecule has 0 radical (unpaired) electrons. The number of hydrogen-bond donors (Lipinski definition) is 3. The van der Waals surface area contributed by atoms with Crippen LogP contribution in [0.1, 0.15) is 387 Å². The zero-order chi connectivity index (χ0) is 69.0. The van der Waals surface area contributed by atoms with Gasteiger partial charge < -0.3 is 33.8 Å². The maximum absolute atomic E-state index is 13.1. The maximum atomic E-state index is 13.1. The molecule has 94 heavy (non-hydrogen) atoms. The lowest BCUT2D eigenvalue weighted by molar-refractivity contribution is -0.161. The highest BCUT2D eigenvalue weighted by atomic mass is 31.2. The van der Waals surface area contributed by atoms with Crippen molar-refractivity contribution in [2.75, 3.05) is 39.6 Å². The van der Waals surface area contributed by atoms with Gasteiger partial charge in [0.25, 0.3) is 0 Å². The molecule has 556 valence electrons. The fraction of sp³-hybridized carbons (Fsp3) is 0.920. The average molecular weight is 1380 g/mol. The van der Waals surface area contributed by atoms with Gasteiger partial charge in [-0.15, -0.1) is 0 Å². The van der Waals surface area contributed by atoms with Gasteiger partial charge in [0.15, 0.2) is 12.2 Å². The van der Waals surface area contributed by atoms with E-state index in [0.717, 1.165) is 103 Å². The molecule has 0 aliphatic rings. The second-order valence-corrected chi connectivity index (χ2v) is 29.6. The summed E-state index contributed by atoms with van der Waals surface area (Å²) in [4.78, 5) is 72.8. The Morgan fingerprint density at radius 2 is 0.500 bits per heavy atom. The van der Waals surface area contributed by atoms with E-state index in [9.17, 15) is 43.2 Å². The van der Waals surface area contributed by atoms with Crippen LogP contribution in [0, 0.1) is 0 Å². The van der Waals surface area contributed by atoms with Crippen molar-refractivity contribution in [2.24, 2.45) is 0 Å². The number of unbranched alkanes of at least 4 members (excludes halogenated alkanes) is 47. The molecule has 0 aromatic carbocycles. The van der Waals surface area contributed by atoms with Crippen molar-refractivity contribution in [3.8, 4) is 0 Å². The number of esters is 4. The first-order valence-electron chi connectivity index (χ1n) is 38.9. The van der Waals surface area contributed by atoms with E-state index in [1.165, 1.54) is 205 Å². The Hall–Kier alpha value is -2.20. The van der Waals surface area contributed by atoms with Gasteiger partial charge in [-0.25, -0.2) is 9.13 Å². The highest BCUT2D eigenvalue weighted by molar-refractivity contribution is 7.47. The Kier molecular flexibility index (Phi) is 67.7.